The van der Waals surface area contributed by atoms with Crippen LogP contribution in [0.2, 0.25) is 0 Å². The molecule has 0 aliphatic carbocycles. The summed E-state index contributed by atoms with van der Waals surface area (Å²) in [5, 5.41) is 0. The molecule has 0 rings (SSSR count). The SMILES string of the molecule is [CH2]COC(OC(=O)C(CC)CCCC)C(CC)(OCC)OC(=O)CCCC. The van der Waals surface area contributed by atoms with Gasteiger partial charge in [-0.3, -0.25) is 9.59 Å². The van der Waals surface area contributed by atoms with Crippen LogP contribution < -0.4 is 0 Å². The lowest BCUT2D eigenvalue weighted by Gasteiger charge is -2.37. The Kier molecular flexibility index (Phi) is 14.2. The molecule has 0 amide bonds. The monoisotopic (exact) mass is 387 g/mol. The number of ether oxygens (including phenoxy) is 4. The zero-order valence-corrected chi connectivity index (χ0v) is 17.9. The van der Waals surface area contributed by atoms with Crippen molar-refractivity contribution in [3.63, 3.8) is 0 Å². The smallest absolute Gasteiger partial charge is 0.311 e. The van der Waals surface area contributed by atoms with E-state index < -0.39 is 12.1 Å². The molecule has 0 bridgehead atoms. The van der Waals surface area contributed by atoms with Crippen LogP contribution in [0.5, 0.6) is 0 Å². The second-order valence-corrected chi connectivity index (χ2v) is 6.56. The summed E-state index contributed by atoms with van der Waals surface area (Å²) in [5.41, 5.74) is 0. The Balaban J connectivity index is 5.41. The second kappa shape index (κ2) is 14.9. The Morgan fingerprint density at radius 3 is 2.19 bits per heavy atom. The Labute approximate surface area is 165 Å². The zero-order chi connectivity index (χ0) is 20.7. The highest BCUT2D eigenvalue weighted by Crippen LogP contribution is 2.29. The molecule has 0 aromatic carbocycles. The van der Waals surface area contributed by atoms with E-state index in [1.807, 2.05) is 20.8 Å². The van der Waals surface area contributed by atoms with Gasteiger partial charge in [-0.15, -0.1) is 0 Å². The van der Waals surface area contributed by atoms with Gasteiger partial charge in [0.25, 0.3) is 12.1 Å². The van der Waals surface area contributed by atoms with Gasteiger partial charge in [0, 0.05) is 19.4 Å². The third kappa shape index (κ3) is 9.06. The number of carbonyl (C=O) groups excluding carboxylic acids is 2. The third-order valence-corrected chi connectivity index (χ3v) is 4.49. The van der Waals surface area contributed by atoms with Gasteiger partial charge in [-0.25, -0.2) is 0 Å². The van der Waals surface area contributed by atoms with Crippen molar-refractivity contribution in [3.05, 3.63) is 6.92 Å². The molecule has 3 unspecified atom stereocenters. The van der Waals surface area contributed by atoms with Gasteiger partial charge in [0.2, 0.25) is 0 Å². The van der Waals surface area contributed by atoms with Gasteiger partial charge in [0.15, 0.2) is 0 Å². The summed E-state index contributed by atoms with van der Waals surface area (Å²) in [6.45, 7) is 13.7. The average Bonchev–Trinajstić information content (AvgIpc) is 2.66. The van der Waals surface area contributed by atoms with Crippen molar-refractivity contribution in [2.75, 3.05) is 13.2 Å². The molecule has 0 saturated carbocycles. The van der Waals surface area contributed by atoms with Crippen molar-refractivity contribution >= 4 is 11.9 Å². The summed E-state index contributed by atoms with van der Waals surface area (Å²) in [5.74, 6) is -2.42. The summed E-state index contributed by atoms with van der Waals surface area (Å²) in [6, 6.07) is 0. The molecule has 0 N–H and O–H groups in total. The first-order valence-electron chi connectivity index (χ1n) is 10.4. The minimum absolute atomic E-state index is 0.0605. The molecule has 6 nitrogen and oxygen atoms in total. The van der Waals surface area contributed by atoms with E-state index in [2.05, 4.69) is 13.8 Å². The number of carbonyl (C=O) groups is 2. The van der Waals surface area contributed by atoms with E-state index in [9.17, 15) is 9.59 Å². The molecule has 0 saturated heterocycles. The van der Waals surface area contributed by atoms with Crippen LogP contribution in [0.15, 0.2) is 0 Å². The van der Waals surface area contributed by atoms with Gasteiger partial charge in [-0.1, -0.05) is 47.0 Å². The van der Waals surface area contributed by atoms with Crippen molar-refractivity contribution in [1.82, 2.24) is 0 Å². The van der Waals surface area contributed by atoms with E-state index in [1.54, 1.807) is 6.92 Å². The van der Waals surface area contributed by atoms with Gasteiger partial charge < -0.3 is 18.9 Å². The normalized spacial score (nSPS) is 15.6. The lowest BCUT2D eigenvalue weighted by Crippen LogP contribution is -2.52. The van der Waals surface area contributed by atoms with E-state index in [4.69, 9.17) is 18.9 Å². The minimum Gasteiger partial charge on any atom is -0.428 e. The minimum atomic E-state index is -1.46. The fourth-order valence-electron chi connectivity index (χ4n) is 2.79. The molecular weight excluding hydrogens is 348 g/mol. The van der Waals surface area contributed by atoms with Crippen molar-refractivity contribution < 1.29 is 28.5 Å². The maximum Gasteiger partial charge on any atom is 0.311 e. The van der Waals surface area contributed by atoms with E-state index in [-0.39, 0.29) is 37.5 Å². The first-order chi connectivity index (χ1) is 12.9. The largest absolute Gasteiger partial charge is 0.428 e. The molecule has 3 atom stereocenters. The maximum absolute atomic E-state index is 12.7. The zero-order valence-electron chi connectivity index (χ0n) is 17.9. The van der Waals surface area contributed by atoms with Crippen LogP contribution in [0.1, 0.15) is 86.0 Å². The van der Waals surface area contributed by atoms with Crippen molar-refractivity contribution in [1.29, 1.82) is 0 Å². The molecular formula is C21H39O6. The Morgan fingerprint density at radius 1 is 1.04 bits per heavy atom. The van der Waals surface area contributed by atoms with Gasteiger partial charge in [-0.05, 0) is 33.1 Å². The van der Waals surface area contributed by atoms with Crippen molar-refractivity contribution in [3.8, 4) is 0 Å². The Morgan fingerprint density at radius 2 is 1.70 bits per heavy atom. The number of esters is 2. The molecule has 0 aromatic heterocycles. The van der Waals surface area contributed by atoms with Gasteiger partial charge in [-0.2, -0.15) is 0 Å². The number of hydrogen-bond acceptors (Lipinski definition) is 6. The van der Waals surface area contributed by atoms with Crippen molar-refractivity contribution in [2.45, 2.75) is 98.1 Å². The Bertz CT molecular complexity index is 411. The number of unbranched alkanes of at least 4 members (excludes halogenated alkanes) is 2. The third-order valence-electron chi connectivity index (χ3n) is 4.49. The molecule has 0 aliphatic rings. The fourth-order valence-corrected chi connectivity index (χ4v) is 2.79. The summed E-state index contributed by atoms with van der Waals surface area (Å²) in [4.78, 5) is 24.9. The van der Waals surface area contributed by atoms with E-state index >= 15 is 0 Å². The van der Waals surface area contributed by atoms with Crippen molar-refractivity contribution in [2.24, 2.45) is 5.92 Å². The first kappa shape index (κ1) is 25.9. The predicted molar refractivity (Wildman–Crippen MR) is 105 cm³/mol. The molecule has 1 radical (unpaired) electrons. The Hall–Kier alpha value is -1.14. The number of rotatable bonds is 16. The molecule has 0 aromatic rings. The standard InChI is InChI=1S/C21H39O6/c1-7-13-15-17(9-3)19(23)26-20(24-11-5)21(10-4,25-12-6)27-18(22)16-14-8-2/h17,20H,5,7-16H2,1-4,6H3. The van der Waals surface area contributed by atoms with Crippen LogP contribution >= 0.6 is 0 Å². The van der Waals surface area contributed by atoms with Gasteiger partial charge in [0.1, 0.15) is 0 Å². The van der Waals surface area contributed by atoms with Gasteiger partial charge in [0.05, 0.1) is 12.5 Å². The molecule has 6 heteroatoms. The average molecular weight is 388 g/mol. The highest BCUT2D eigenvalue weighted by Gasteiger charge is 2.46. The summed E-state index contributed by atoms with van der Waals surface area (Å²) < 4.78 is 22.6. The highest BCUT2D eigenvalue weighted by atomic mass is 16.8. The molecule has 0 heterocycles. The lowest BCUT2D eigenvalue weighted by molar-refractivity contribution is -0.330. The summed E-state index contributed by atoms with van der Waals surface area (Å²) >= 11 is 0. The molecule has 0 aliphatic heterocycles. The summed E-state index contributed by atoms with van der Waals surface area (Å²) in [7, 11) is 0. The van der Waals surface area contributed by atoms with Crippen LogP contribution in [-0.4, -0.2) is 37.2 Å². The molecule has 27 heavy (non-hydrogen) atoms. The maximum atomic E-state index is 12.7. The van der Waals surface area contributed by atoms with Crippen LogP contribution in [-0.2, 0) is 28.5 Å². The highest BCUT2D eigenvalue weighted by molar-refractivity contribution is 5.73. The van der Waals surface area contributed by atoms with Crippen LogP contribution in [0.25, 0.3) is 0 Å². The van der Waals surface area contributed by atoms with Crippen LogP contribution in [0.4, 0.5) is 0 Å². The summed E-state index contributed by atoms with van der Waals surface area (Å²) in [6.07, 6.45) is 4.43. The first-order valence-corrected chi connectivity index (χ1v) is 10.4. The number of hydrogen-bond donors (Lipinski definition) is 0. The van der Waals surface area contributed by atoms with E-state index in [0.29, 0.717) is 12.8 Å². The molecule has 0 spiro atoms. The topological polar surface area (TPSA) is 71.1 Å². The lowest BCUT2D eigenvalue weighted by atomic mass is 9.99. The van der Waals surface area contributed by atoms with Gasteiger partial charge >= 0.3 is 11.9 Å². The molecule has 0 fully saturated rings. The quantitative estimate of drug-likeness (QED) is 0.280. The van der Waals surface area contributed by atoms with Crippen LogP contribution in [0.3, 0.4) is 0 Å². The van der Waals surface area contributed by atoms with E-state index in [1.165, 1.54) is 0 Å². The van der Waals surface area contributed by atoms with Crippen LogP contribution in [0, 0.1) is 12.8 Å². The molecule has 159 valence electrons. The fraction of sp³-hybridized carbons (Fsp3) is 0.857. The van der Waals surface area contributed by atoms with E-state index in [0.717, 1.165) is 32.1 Å². The second-order valence-electron chi connectivity index (χ2n) is 6.56. The predicted octanol–water partition coefficient (Wildman–Crippen LogP) is 4.80.